The molecule has 0 spiro atoms. The average molecular weight is 605 g/mol. The van der Waals surface area contributed by atoms with Crippen LogP contribution in [-0.4, -0.2) is 0 Å². The Hall–Kier alpha value is 0. The second-order valence-electron chi connectivity index (χ2n) is 22.5. The molecule has 13 saturated carbocycles. The van der Waals surface area contributed by atoms with Crippen LogP contribution in [0.2, 0.25) is 0 Å². The molecule has 0 amide bonds. The molecule has 0 aliphatic heterocycles. The fraction of sp³-hybridized carbons (Fsp3) is 1.00. The first-order valence-corrected chi connectivity index (χ1v) is 20.5. The third-order valence-electron chi connectivity index (χ3n) is 18.8. The van der Waals surface area contributed by atoms with E-state index in [1.165, 1.54) is 57.8 Å². The lowest BCUT2D eigenvalue weighted by Gasteiger charge is -2.59. The molecular formula is C44H76. The van der Waals surface area contributed by atoms with Gasteiger partial charge in [-0.2, -0.15) is 0 Å². The summed E-state index contributed by atoms with van der Waals surface area (Å²) < 4.78 is 0. The largest absolute Gasteiger partial charge is 0.0620 e. The minimum absolute atomic E-state index is 0.631. The number of hydrogen-bond donors (Lipinski definition) is 0. The molecule has 0 heterocycles. The summed E-state index contributed by atoms with van der Waals surface area (Å²) in [6.07, 6.45) is 30.8. The Morgan fingerprint density at radius 3 is 1.05 bits per heavy atom. The maximum Gasteiger partial charge on any atom is -0.0246 e. The first kappa shape index (κ1) is 32.5. The molecule has 0 N–H and O–H groups in total. The van der Waals surface area contributed by atoms with Gasteiger partial charge in [-0.3, -0.25) is 0 Å². The second-order valence-corrected chi connectivity index (χ2v) is 22.5. The van der Waals surface area contributed by atoms with Gasteiger partial charge in [0.05, 0.1) is 0 Å². The van der Waals surface area contributed by atoms with Crippen molar-refractivity contribution in [3.05, 3.63) is 0 Å². The van der Waals surface area contributed by atoms with Crippen molar-refractivity contribution in [2.45, 2.75) is 191 Å². The van der Waals surface area contributed by atoms with Crippen molar-refractivity contribution >= 4 is 0 Å². The molecule has 0 nitrogen and oxygen atoms in total. The van der Waals surface area contributed by atoms with E-state index in [0.717, 1.165) is 69.5 Å². The van der Waals surface area contributed by atoms with Gasteiger partial charge in [0, 0.05) is 0 Å². The van der Waals surface area contributed by atoms with Crippen LogP contribution in [0, 0.1) is 85.8 Å². The molecule has 13 aliphatic carbocycles. The van der Waals surface area contributed by atoms with Crippen LogP contribution < -0.4 is 0 Å². The molecule has 0 aromatic heterocycles. The highest BCUT2D eigenvalue weighted by atomic mass is 14.6. The molecule has 13 aliphatic rings. The Kier molecular flexibility index (Phi) is 8.14. The highest BCUT2D eigenvalue weighted by molar-refractivity contribution is 5.09. The SMILES string of the molecule is CC1(C)C2CC3CC(C2)CC1C3.CC12CC3CC(CC(C3)C1)C2.CC12CCC(C)(CC1)CC2.CC1CC2CCC1(C)C2(C)C. The minimum atomic E-state index is 0.631. The lowest BCUT2D eigenvalue weighted by molar-refractivity contribution is -0.0876. The normalized spacial score (nSPS) is 55.4. The van der Waals surface area contributed by atoms with Crippen molar-refractivity contribution in [3.63, 3.8) is 0 Å². The van der Waals surface area contributed by atoms with Crippen LogP contribution in [0.15, 0.2) is 0 Å². The molecule has 0 radical (unpaired) electrons. The second kappa shape index (κ2) is 11.0. The summed E-state index contributed by atoms with van der Waals surface area (Å²) >= 11 is 0. The molecule has 44 heavy (non-hydrogen) atoms. The van der Waals surface area contributed by atoms with Crippen molar-refractivity contribution in [1.82, 2.24) is 0 Å². The standard InChI is InChI=1S/C12H20.C11H18.C11H20.C10H18/c1-12(2)10-4-8-3-9(6-10)7-11(12)5-8;1-11-5-8-2-9(6-11)4-10(3-8)7-11;1-8-7-9-5-6-11(8,4)10(9,2)3;1-9-3-6-10(2,7-4-9)8-5-9/h8-11H,3-7H2,1-2H3;8-10H,2-7H2,1H3;8-9H,5-7H2,1-4H3;3-8H2,1-2H3. The van der Waals surface area contributed by atoms with Gasteiger partial charge >= 0.3 is 0 Å². The summed E-state index contributed by atoms with van der Waals surface area (Å²) in [5.74, 6) is 9.89. The molecular weight excluding hydrogens is 528 g/mol. The fourth-order valence-corrected chi connectivity index (χ4v) is 15.1. The van der Waals surface area contributed by atoms with Crippen molar-refractivity contribution in [3.8, 4) is 0 Å². The number of hydrogen-bond acceptors (Lipinski definition) is 0. The topological polar surface area (TPSA) is 0 Å². The Bertz CT molecular complexity index is 932. The van der Waals surface area contributed by atoms with Gasteiger partial charge in [-0.15, -0.1) is 0 Å². The first-order chi connectivity index (χ1) is 20.5. The molecule has 0 heteroatoms. The van der Waals surface area contributed by atoms with Gasteiger partial charge in [0.15, 0.2) is 0 Å². The summed E-state index contributed by atoms with van der Waals surface area (Å²) in [6, 6.07) is 0. The lowest BCUT2D eigenvalue weighted by Crippen LogP contribution is -2.49. The molecule has 252 valence electrons. The van der Waals surface area contributed by atoms with Crippen LogP contribution in [0.1, 0.15) is 191 Å². The molecule has 12 bridgehead atoms. The van der Waals surface area contributed by atoms with E-state index in [9.17, 15) is 0 Å². The fourth-order valence-electron chi connectivity index (χ4n) is 15.1. The van der Waals surface area contributed by atoms with Crippen molar-refractivity contribution in [2.24, 2.45) is 85.8 Å². The monoisotopic (exact) mass is 605 g/mol. The Morgan fingerprint density at radius 1 is 0.386 bits per heavy atom. The first-order valence-electron chi connectivity index (χ1n) is 20.5. The molecule has 0 aromatic carbocycles. The zero-order chi connectivity index (χ0) is 31.3. The molecule has 3 atom stereocenters. The molecule has 13 fully saturated rings. The van der Waals surface area contributed by atoms with Crippen LogP contribution in [0.5, 0.6) is 0 Å². The summed E-state index contributed by atoms with van der Waals surface area (Å²) in [7, 11) is 0. The van der Waals surface area contributed by atoms with Crippen molar-refractivity contribution < 1.29 is 0 Å². The van der Waals surface area contributed by atoms with Gasteiger partial charge in [-0.25, -0.2) is 0 Å². The number of fused-ring (bicyclic) bond motifs is 5. The van der Waals surface area contributed by atoms with E-state index in [4.69, 9.17) is 0 Å². The highest BCUT2D eigenvalue weighted by Gasteiger charge is 2.59. The van der Waals surface area contributed by atoms with E-state index < -0.39 is 0 Å². The van der Waals surface area contributed by atoms with Crippen LogP contribution >= 0.6 is 0 Å². The van der Waals surface area contributed by atoms with Gasteiger partial charge < -0.3 is 0 Å². The van der Waals surface area contributed by atoms with E-state index in [2.05, 4.69) is 62.3 Å². The zero-order valence-electron chi connectivity index (χ0n) is 31.3. The van der Waals surface area contributed by atoms with Gasteiger partial charge in [-0.1, -0.05) is 62.3 Å². The third kappa shape index (κ3) is 5.73. The van der Waals surface area contributed by atoms with Crippen LogP contribution in [0.3, 0.4) is 0 Å². The summed E-state index contributed by atoms with van der Waals surface area (Å²) in [5, 5.41) is 0. The molecule has 0 saturated heterocycles. The van der Waals surface area contributed by atoms with Gasteiger partial charge in [0.25, 0.3) is 0 Å². The smallest absolute Gasteiger partial charge is 0.0246 e. The Balaban J connectivity index is 0.0000000949. The van der Waals surface area contributed by atoms with E-state index in [1.54, 1.807) is 70.6 Å². The zero-order valence-corrected chi connectivity index (χ0v) is 31.3. The lowest BCUT2D eigenvalue weighted by atomic mass is 9.46. The maximum atomic E-state index is 2.54. The number of rotatable bonds is 0. The van der Waals surface area contributed by atoms with Crippen LogP contribution in [-0.2, 0) is 0 Å². The summed E-state index contributed by atoms with van der Waals surface area (Å²) in [6.45, 7) is 22.5. The molecule has 0 aromatic rings. The van der Waals surface area contributed by atoms with E-state index in [1.807, 2.05) is 0 Å². The molecule has 13 rings (SSSR count). The van der Waals surface area contributed by atoms with Crippen molar-refractivity contribution in [1.29, 1.82) is 0 Å². The summed E-state index contributed by atoms with van der Waals surface area (Å²) in [4.78, 5) is 0. The average Bonchev–Trinajstić information content (AvgIpc) is 3.26. The highest BCUT2D eigenvalue weighted by Crippen LogP contribution is 2.68. The van der Waals surface area contributed by atoms with E-state index >= 15 is 0 Å². The molecule has 3 unspecified atom stereocenters. The third-order valence-corrected chi connectivity index (χ3v) is 18.8. The Morgan fingerprint density at radius 2 is 0.773 bits per heavy atom. The van der Waals surface area contributed by atoms with Crippen LogP contribution in [0.4, 0.5) is 0 Å². The minimum Gasteiger partial charge on any atom is -0.0620 e. The quantitative estimate of drug-likeness (QED) is 0.258. The van der Waals surface area contributed by atoms with Crippen molar-refractivity contribution in [2.75, 3.05) is 0 Å². The van der Waals surface area contributed by atoms with Gasteiger partial charge in [-0.05, 0) is 214 Å². The predicted molar refractivity (Wildman–Crippen MR) is 189 cm³/mol. The maximum absolute atomic E-state index is 2.54. The Labute approximate surface area is 275 Å². The van der Waals surface area contributed by atoms with E-state index in [0.29, 0.717) is 16.2 Å². The van der Waals surface area contributed by atoms with E-state index in [-0.39, 0.29) is 0 Å². The van der Waals surface area contributed by atoms with Gasteiger partial charge in [0.1, 0.15) is 0 Å². The van der Waals surface area contributed by atoms with Crippen LogP contribution in [0.25, 0.3) is 0 Å². The predicted octanol–water partition coefficient (Wildman–Crippen LogP) is 13.5. The van der Waals surface area contributed by atoms with Gasteiger partial charge in [0.2, 0.25) is 0 Å². The summed E-state index contributed by atoms with van der Waals surface area (Å²) in [5.41, 5.74) is 4.32.